The number of fused-ring (bicyclic) bond motifs is 1. The van der Waals surface area contributed by atoms with Crippen LogP contribution in [-0.4, -0.2) is 21.4 Å². The summed E-state index contributed by atoms with van der Waals surface area (Å²) < 4.78 is 2.24. The number of primary amides is 1. The third-order valence-corrected chi connectivity index (χ3v) is 5.18. The number of nitrogens with zero attached hydrogens (tertiary/aromatic N) is 1. The lowest BCUT2D eigenvalue weighted by Gasteiger charge is -2.29. The van der Waals surface area contributed by atoms with E-state index in [1.165, 1.54) is 0 Å². The lowest BCUT2D eigenvalue weighted by Crippen LogP contribution is -2.28. The number of rotatable bonds is 2. The molecular formula is C18H19BrN2O3. The lowest BCUT2D eigenvalue weighted by molar-refractivity contribution is 0.0909. The lowest BCUT2D eigenvalue weighted by atomic mass is 9.75. The van der Waals surface area contributed by atoms with Crippen LogP contribution in [0.25, 0.3) is 5.69 Å². The van der Waals surface area contributed by atoms with Crippen molar-refractivity contribution >= 4 is 27.6 Å². The summed E-state index contributed by atoms with van der Waals surface area (Å²) in [5, 5.41) is 10.6. The normalized spacial score (nSPS) is 16.1. The second-order valence-electron chi connectivity index (χ2n) is 7.08. The number of carbonyl (C=O) groups excluding carboxylic acids is 2. The number of amides is 1. The fourth-order valence-electron chi connectivity index (χ4n) is 3.43. The Morgan fingerprint density at radius 1 is 1.33 bits per heavy atom. The second kappa shape index (κ2) is 5.48. The van der Waals surface area contributed by atoms with Gasteiger partial charge in [0.15, 0.2) is 11.7 Å². The van der Waals surface area contributed by atoms with Crippen LogP contribution in [-0.2, 0) is 6.42 Å². The molecule has 1 aliphatic carbocycles. The van der Waals surface area contributed by atoms with E-state index in [0.717, 1.165) is 5.69 Å². The highest BCUT2D eigenvalue weighted by molar-refractivity contribution is 9.10. The van der Waals surface area contributed by atoms with Crippen molar-refractivity contribution in [1.82, 2.24) is 4.57 Å². The number of carbonyl (C=O) groups is 2. The maximum Gasteiger partial charge on any atom is 0.249 e. The SMILES string of the molecule is Cc1c2c(n(-c3ccc(C(N)=O)c(Br)c3)c1O)CC(C)(C)CC2=O. The van der Waals surface area contributed by atoms with E-state index in [-0.39, 0.29) is 17.1 Å². The van der Waals surface area contributed by atoms with Crippen LogP contribution < -0.4 is 5.73 Å². The molecule has 126 valence electrons. The minimum absolute atomic E-state index is 0.0561. The van der Waals surface area contributed by atoms with E-state index in [1.807, 2.05) is 13.8 Å². The molecule has 0 aliphatic heterocycles. The van der Waals surface area contributed by atoms with E-state index >= 15 is 0 Å². The molecule has 0 radical (unpaired) electrons. The quantitative estimate of drug-likeness (QED) is 0.822. The zero-order chi connectivity index (χ0) is 17.8. The average Bonchev–Trinajstić information content (AvgIpc) is 2.68. The van der Waals surface area contributed by atoms with Gasteiger partial charge in [-0.3, -0.25) is 14.2 Å². The van der Waals surface area contributed by atoms with Gasteiger partial charge in [0.1, 0.15) is 0 Å². The molecule has 1 aromatic carbocycles. The fraction of sp³-hybridized carbons (Fsp3) is 0.333. The van der Waals surface area contributed by atoms with Gasteiger partial charge in [-0.25, -0.2) is 0 Å². The van der Waals surface area contributed by atoms with Crippen molar-refractivity contribution in [1.29, 1.82) is 0 Å². The smallest absolute Gasteiger partial charge is 0.249 e. The third-order valence-electron chi connectivity index (χ3n) is 4.52. The van der Waals surface area contributed by atoms with E-state index in [4.69, 9.17) is 5.73 Å². The van der Waals surface area contributed by atoms with Crippen LogP contribution in [0.1, 0.15) is 52.2 Å². The molecule has 0 saturated carbocycles. The fourth-order valence-corrected chi connectivity index (χ4v) is 4.00. The number of nitrogens with two attached hydrogens (primary N) is 1. The van der Waals surface area contributed by atoms with Crippen molar-refractivity contribution in [3.8, 4) is 11.6 Å². The zero-order valence-corrected chi connectivity index (χ0v) is 15.4. The Kier molecular flexibility index (Phi) is 3.83. The first-order valence-corrected chi connectivity index (χ1v) is 8.48. The number of aromatic nitrogens is 1. The number of Topliss-reactive ketones (excluding diaryl/α,β-unsaturated/α-hetero) is 1. The Morgan fingerprint density at radius 3 is 2.58 bits per heavy atom. The predicted molar refractivity (Wildman–Crippen MR) is 94.8 cm³/mol. The summed E-state index contributed by atoms with van der Waals surface area (Å²) in [6, 6.07) is 5.06. The van der Waals surface area contributed by atoms with Gasteiger partial charge in [-0.2, -0.15) is 0 Å². The zero-order valence-electron chi connectivity index (χ0n) is 13.8. The molecular weight excluding hydrogens is 372 g/mol. The van der Waals surface area contributed by atoms with Crippen LogP contribution in [0.5, 0.6) is 5.88 Å². The molecule has 1 amide bonds. The molecule has 1 aliphatic rings. The molecule has 0 bridgehead atoms. The van der Waals surface area contributed by atoms with Crippen LogP contribution in [0, 0.1) is 12.3 Å². The van der Waals surface area contributed by atoms with Gasteiger partial charge in [-0.15, -0.1) is 0 Å². The number of hydrogen-bond donors (Lipinski definition) is 2. The summed E-state index contributed by atoms with van der Waals surface area (Å²) in [5.74, 6) is -0.412. The minimum Gasteiger partial charge on any atom is -0.494 e. The molecule has 0 atom stereocenters. The van der Waals surface area contributed by atoms with E-state index in [1.54, 1.807) is 29.7 Å². The topological polar surface area (TPSA) is 85.3 Å². The molecule has 1 aromatic heterocycles. The molecule has 0 saturated heterocycles. The molecule has 6 heteroatoms. The van der Waals surface area contributed by atoms with Gasteiger partial charge in [0.2, 0.25) is 5.91 Å². The minimum atomic E-state index is -0.528. The van der Waals surface area contributed by atoms with Crippen LogP contribution in [0.3, 0.4) is 0 Å². The number of halogens is 1. The van der Waals surface area contributed by atoms with Gasteiger partial charge in [0.25, 0.3) is 0 Å². The van der Waals surface area contributed by atoms with E-state index in [0.29, 0.717) is 39.7 Å². The van der Waals surface area contributed by atoms with Crippen molar-refractivity contribution in [2.75, 3.05) is 0 Å². The van der Waals surface area contributed by atoms with Gasteiger partial charge in [-0.05, 0) is 52.9 Å². The summed E-state index contributed by atoms with van der Waals surface area (Å²) in [6.07, 6.45) is 1.15. The molecule has 0 spiro atoms. The van der Waals surface area contributed by atoms with Crippen molar-refractivity contribution in [2.45, 2.75) is 33.6 Å². The van der Waals surface area contributed by atoms with Gasteiger partial charge in [0, 0.05) is 33.4 Å². The Labute approximate surface area is 148 Å². The maximum atomic E-state index is 12.5. The molecule has 3 N–H and O–H groups in total. The first kappa shape index (κ1) is 16.8. The molecule has 24 heavy (non-hydrogen) atoms. The third kappa shape index (κ3) is 2.55. The Morgan fingerprint density at radius 2 is 2.00 bits per heavy atom. The summed E-state index contributed by atoms with van der Waals surface area (Å²) in [7, 11) is 0. The standard InChI is InChI=1S/C18H19BrN2O3/c1-9-15-13(7-18(2,3)8-14(15)22)21(17(9)24)10-4-5-11(16(20)23)12(19)6-10/h4-6,24H,7-8H2,1-3H3,(H2,20,23). The Bertz CT molecular complexity index is 881. The Balaban J connectivity index is 2.24. The largest absolute Gasteiger partial charge is 0.494 e. The van der Waals surface area contributed by atoms with Crippen LogP contribution in [0.4, 0.5) is 0 Å². The first-order valence-electron chi connectivity index (χ1n) is 7.68. The summed E-state index contributed by atoms with van der Waals surface area (Å²) in [4.78, 5) is 23.9. The van der Waals surface area contributed by atoms with Gasteiger partial charge >= 0.3 is 0 Å². The highest BCUT2D eigenvalue weighted by Gasteiger charge is 2.36. The van der Waals surface area contributed by atoms with E-state index in [9.17, 15) is 14.7 Å². The molecule has 0 unspecified atom stereocenters. The molecule has 5 nitrogen and oxygen atoms in total. The van der Waals surface area contributed by atoms with Crippen molar-refractivity contribution < 1.29 is 14.7 Å². The number of benzene rings is 1. The van der Waals surface area contributed by atoms with Crippen molar-refractivity contribution in [2.24, 2.45) is 11.1 Å². The molecule has 3 rings (SSSR count). The van der Waals surface area contributed by atoms with E-state index < -0.39 is 5.91 Å². The Hall–Kier alpha value is -2.08. The van der Waals surface area contributed by atoms with Crippen LogP contribution in [0.2, 0.25) is 0 Å². The summed E-state index contributed by atoms with van der Waals surface area (Å²) in [6.45, 7) is 5.85. The predicted octanol–water partition coefficient (Wildman–Crippen LogP) is 3.51. The average molecular weight is 391 g/mol. The van der Waals surface area contributed by atoms with E-state index in [2.05, 4.69) is 15.9 Å². The van der Waals surface area contributed by atoms with Gasteiger partial charge in [-0.1, -0.05) is 13.8 Å². The summed E-state index contributed by atoms with van der Waals surface area (Å²) >= 11 is 3.34. The highest BCUT2D eigenvalue weighted by Crippen LogP contribution is 2.42. The summed E-state index contributed by atoms with van der Waals surface area (Å²) in [5.41, 5.74) is 8.24. The molecule has 1 heterocycles. The first-order chi connectivity index (χ1) is 11.1. The monoisotopic (exact) mass is 390 g/mol. The van der Waals surface area contributed by atoms with Crippen molar-refractivity contribution in [3.05, 3.63) is 45.1 Å². The second-order valence-corrected chi connectivity index (χ2v) is 7.93. The number of aromatic hydroxyl groups is 1. The maximum absolute atomic E-state index is 12.5. The van der Waals surface area contributed by atoms with Gasteiger partial charge in [0.05, 0.1) is 5.56 Å². The number of hydrogen-bond acceptors (Lipinski definition) is 3. The highest BCUT2D eigenvalue weighted by atomic mass is 79.9. The van der Waals surface area contributed by atoms with Crippen LogP contribution in [0.15, 0.2) is 22.7 Å². The van der Waals surface area contributed by atoms with Crippen LogP contribution >= 0.6 is 15.9 Å². The molecule has 0 fully saturated rings. The van der Waals surface area contributed by atoms with Crippen molar-refractivity contribution in [3.63, 3.8) is 0 Å². The molecule has 2 aromatic rings. The number of ketones is 1. The van der Waals surface area contributed by atoms with Gasteiger partial charge < -0.3 is 10.8 Å².